The molecule has 180 valence electrons. The molecule has 0 aromatic carbocycles. The summed E-state index contributed by atoms with van der Waals surface area (Å²) in [6.07, 6.45) is 9.47. The molecule has 1 aromatic rings. The van der Waals surface area contributed by atoms with E-state index < -0.39 is 0 Å². The number of allylic oxidation sites excluding steroid dienone is 1. The number of anilines is 1. The van der Waals surface area contributed by atoms with E-state index in [1.807, 2.05) is 6.92 Å². The van der Waals surface area contributed by atoms with Gasteiger partial charge in [0.2, 0.25) is 6.41 Å². The van der Waals surface area contributed by atoms with E-state index >= 15 is 0 Å². The van der Waals surface area contributed by atoms with Crippen molar-refractivity contribution >= 4 is 30.0 Å². The first-order valence-corrected chi connectivity index (χ1v) is 12.7. The number of aliphatic hydroxyl groups excluding tert-OH is 1. The van der Waals surface area contributed by atoms with Crippen LogP contribution in [0.3, 0.4) is 0 Å². The minimum absolute atomic E-state index is 0.0630. The van der Waals surface area contributed by atoms with Crippen LogP contribution in [0.25, 0.3) is 0 Å². The first-order chi connectivity index (χ1) is 15.8. The third kappa shape index (κ3) is 5.19. The molecule has 4 fully saturated rings. The van der Waals surface area contributed by atoms with Crippen LogP contribution in [0.5, 0.6) is 0 Å². The number of nitrogen functional groups attached to an aromatic ring is 1. The van der Waals surface area contributed by atoms with Gasteiger partial charge in [0.05, 0.1) is 12.0 Å². The second kappa shape index (κ2) is 10.0. The van der Waals surface area contributed by atoms with Crippen molar-refractivity contribution in [1.82, 2.24) is 14.9 Å². The molecule has 0 unspecified atom stereocenters. The number of esters is 1. The molecule has 1 aromatic heterocycles. The summed E-state index contributed by atoms with van der Waals surface area (Å²) < 4.78 is 5.78. The van der Waals surface area contributed by atoms with Crippen LogP contribution in [0, 0.1) is 30.1 Å². The summed E-state index contributed by atoms with van der Waals surface area (Å²) in [4.78, 5) is 35.6. The molecule has 1 heterocycles. The van der Waals surface area contributed by atoms with E-state index in [1.54, 1.807) is 13.1 Å². The average molecular weight is 475 g/mol. The molecule has 3 N–H and O–H groups in total. The normalized spacial score (nSPS) is 28.4. The van der Waals surface area contributed by atoms with Crippen LogP contribution in [0.4, 0.5) is 5.82 Å². The van der Waals surface area contributed by atoms with E-state index in [1.165, 1.54) is 35.9 Å². The van der Waals surface area contributed by atoms with Gasteiger partial charge in [0.15, 0.2) is 0 Å². The highest BCUT2D eigenvalue weighted by atomic mass is 32.2. The molecule has 5 rings (SSSR count). The summed E-state index contributed by atoms with van der Waals surface area (Å²) >= 11 is 1.36. The summed E-state index contributed by atoms with van der Waals surface area (Å²) in [5.41, 5.74) is 7.03. The van der Waals surface area contributed by atoms with Gasteiger partial charge in [-0.05, 0) is 70.1 Å². The number of nitrogens with two attached hydrogens (primary N) is 1. The van der Waals surface area contributed by atoms with Crippen LogP contribution >= 0.6 is 11.8 Å². The maximum absolute atomic E-state index is 13.1. The number of carbonyl (C=O) groups excluding carboxylic acids is 2. The molecule has 4 aliphatic rings. The highest BCUT2D eigenvalue weighted by Crippen LogP contribution is 2.60. The predicted octanol–water partition coefficient (Wildman–Crippen LogP) is 3.39. The van der Waals surface area contributed by atoms with Gasteiger partial charge in [0.1, 0.15) is 17.6 Å². The Bertz CT molecular complexity index is 900. The van der Waals surface area contributed by atoms with Crippen LogP contribution < -0.4 is 5.73 Å². The van der Waals surface area contributed by atoms with Crippen LogP contribution in [-0.2, 0) is 20.9 Å². The molecule has 0 spiro atoms. The molecular formula is C24H34N4O4S. The van der Waals surface area contributed by atoms with E-state index in [0.29, 0.717) is 47.1 Å². The van der Waals surface area contributed by atoms with Crippen molar-refractivity contribution in [2.24, 2.45) is 23.2 Å². The lowest BCUT2D eigenvalue weighted by Crippen LogP contribution is -2.50. The lowest BCUT2D eigenvalue weighted by molar-refractivity contribution is -0.169. The summed E-state index contributed by atoms with van der Waals surface area (Å²) in [6, 6.07) is 0. The van der Waals surface area contributed by atoms with Crippen molar-refractivity contribution in [1.29, 1.82) is 0 Å². The number of hydrogen-bond donors (Lipinski definition) is 2. The fourth-order valence-corrected chi connectivity index (χ4v) is 7.21. The van der Waals surface area contributed by atoms with Gasteiger partial charge in [0.25, 0.3) is 0 Å². The van der Waals surface area contributed by atoms with Gasteiger partial charge in [0, 0.05) is 35.4 Å². The van der Waals surface area contributed by atoms with Crippen molar-refractivity contribution < 1.29 is 19.4 Å². The Morgan fingerprint density at radius 3 is 2.48 bits per heavy atom. The number of amides is 1. The third-order valence-electron chi connectivity index (χ3n) is 7.55. The van der Waals surface area contributed by atoms with Gasteiger partial charge in [-0.3, -0.25) is 9.59 Å². The molecule has 0 atom stereocenters. The van der Waals surface area contributed by atoms with Crippen molar-refractivity contribution in [2.45, 2.75) is 65.3 Å². The van der Waals surface area contributed by atoms with Crippen LogP contribution in [0.2, 0.25) is 0 Å². The largest absolute Gasteiger partial charge is 0.454 e. The Labute approximate surface area is 199 Å². The number of aliphatic hydroxyl groups is 1. The monoisotopic (exact) mass is 474 g/mol. The van der Waals surface area contributed by atoms with E-state index in [2.05, 4.69) is 9.97 Å². The topological polar surface area (TPSA) is 119 Å². The number of rotatable bonds is 10. The lowest BCUT2D eigenvalue weighted by atomic mass is 9.49. The highest BCUT2D eigenvalue weighted by Gasteiger charge is 2.55. The third-order valence-corrected chi connectivity index (χ3v) is 8.64. The van der Waals surface area contributed by atoms with Crippen molar-refractivity contribution in [3.63, 3.8) is 0 Å². The Hall–Kier alpha value is -2.13. The molecule has 9 heteroatoms. The summed E-state index contributed by atoms with van der Waals surface area (Å²) in [5, 5.41) is 9.56. The second-order valence-electron chi connectivity index (χ2n) is 9.94. The van der Waals surface area contributed by atoms with Gasteiger partial charge in [-0.25, -0.2) is 9.97 Å². The van der Waals surface area contributed by atoms with Crippen molar-refractivity contribution in [2.75, 3.05) is 18.3 Å². The number of carbonyl (C=O) groups is 2. The zero-order chi connectivity index (χ0) is 23.6. The Morgan fingerprint density at radius 1 is 1.30 bits per heavy atom. The zero-order valence-electron chi connectivity index (χ0n) is 19.5. The number of ether oxygens (including phenoxy) is 1. The SMILES string of the molecule is C/C(=C(\CCO)SCOC(=O)C12CC3CC(CC(C3)C1)C2)N(C=O)Cc1cnc(C)nc1N. The Morgan fingerprint density at radius 2 is 1.94 bits per heavy atom. The lowest BCUT2D eigenvalue weighted by Gasteiger charge is -2.55. The quantitative estimate of drug-likeness (QED) is 0.301. The maximum atomic E-state index is 13.1. The fourth-order valence-electron chi connectivity index (χ4n) is 6.34. The van der Waals surface area contributed by atoms with Crippen molar-refractivity contribution in [3.8, 4) is 0 Å². The zero-order valence-corrected chi connectivity index (χ0v) is 20.3. The van der Waals surface area contributed by atoms with Crippen LogP contribution in [0.1, 0.15) is 63.3 Å². The van der Waals surface area contributed by atoms with E-state index in [-0.39, 0.29) is 30.5 Å². The first-order valence-electron chi connectivity index (χ1n) is 11.7. The predicted molar refractivity (Wildman–Crippen MR) is 126 cm³/mol. The molecule has 4 bridgehead atoms. The van der Waals surface area contributed by atoms with Crippen molar-refractivity contribution in [3.05, 3.63) is 28.2 Å². The molecule has 4 aliphatic carbocycles. The average Bonchev–Trinajstić information content (AvgIpc) is 2.76. The molecule has 0 saturated heterocycles. The minimum Gasteiger partial charge on any atom is -0.454 e. The van der Waals surface area contributed by atoms with E-state index in [4.69, 9.17) is 10.5 Å². The summed E-state index contributed by atoms with van der Waals surface area (Å²) in [7, 11) is 0. The number of nitrogens with zero attached hydrogens (tertiary/aromatic N) is 3. The number of thioether (sulfide) groups is 1. The van der Waals surface area contributed by atoms with E-state index in [9.17, 15) is 14.7 Å². The maximum Gasteiger partial charge on any atom is 0.312 e. The van der Waals surface area contributed by atoms with E-state index in [0.717, 1.165) is 30.6 Å². The molecule has 1 amide bonds. The number of hydrogen-bond acceptors (Lipinski definition) is 8. The van der Waals surface area contributed by atoms with Crippen LogP contribution in [0.15, 0.2) is 16.8 Å². The number of aryl methyl sites for hydroxylation is 1. The van der Waals surface area contributed by atoms with Gasteiger partial charge < -0.3 is 20.5 Å². The molecule has 0 aliphatic heterocycles. The summed E-state index contributed by atoms with van der Waals surface area (Å²) in [6.45, 7) is 3.73. The van der Waals surface area contributed by atoms with Crippen LogP contribution in [-0.4, -0.2) is 44.9 Å². The van der Waals surface area contributed by atoms with Gasteiger partial charge in [-0.15, -0.1) is 0 Å². The van der Waals surface area contributed by atoms with Gasteiger partial charge in [-0.2, -0.15) is 0 Å². The van der Waals surface area contributed by atoms with Gasteiger partial charge in [-0.1, -0.05) is 11.8 Å². The standard InChI is InChI=1S/C24H34N4O4S/c1-15(28(13-30)12-20-11-26-16(2)27-22(20)25)21(3-4-29)33-14-32-23(31)24-8-17-5-18(9-24)7-19(6-17)10-24/h11,13,17-19,29H,3-10,12,14H2,1-2H3,(H2,25,26,27)/b21-15-. The smallest absolute Gasteiger partial charge is 0.312 e. The highest BCUT2D eigenvalue weighted by molar-refractivity contribution is 8.02. The minimum atomic E-state index is -0.289. The molecule has 4 saturated carbocycles. The first kappa shape index (κ1) is 24.0. The number of aromatic nitrogens is 2. The fraction of sp³-hybridized carbons (Fsp3) is 0.667. The van der Waals surface area contributed by atoms with Gasteiger partial charge >= 0.3 is 5.97 Å². The Balaban J connectivity index is 1.39. The summed E-state index contributed by atoms with van der Waals surface area (Å²) in [5.74, 6) is 3.07. The molecule has 0 radical (unpaired) electrons. The molecule has 33 heavy (non-hydrogen) atoms. The molecular weight excluding hydrogens is 440 g/mol. The second-order valence-corrected chi connectivity index (χ2v) is 11.0. The Kier molecular flexibility index (Phi) is 7.28. The molecule has 8 nitrogen and oxygen atoms in total.